The van der Waals surface area contributed by atoms with Crippen LogP contribution in [0, 0.1) is 17.3 Å². The average molecular weight is 483 g/mol. The third-order valence-corrected chi connectivity index (χ3v) is 7.65. The molecular weight excluding hydrogens is 454 g/mol. The van der Waals surface area contributed by atoms with Crippen LogP contribution in [-0.2, 0) is 7.05 Å². The summed E-state index contributed by atoms with van der Waals surface area (Å²) in [6.07, 6.45) is 5.47. The first kappa shape index (κ1) is 23.3. The van der Waals surface area contributed by atoms with Gasteiger partial charge in [-0.3, -0.25) is 4.57 Å². The fourth-order valence-electron chi connectivity index (χ4n) is 5.63. The summed E-state index contributed by atoms with van der Waals surface area (Å²) in [5.41, 5.74) is 0.219. The van der Waals surface area contributed by atoms with Crippen LogP contribution in [0.3, 0.4) is 0 Å². The van der Waals surface area contributed by atoms with E-state index in [4.69, 9.17) is 0 Å². The molecule has 0 unspecified atom stereocenters. The highest BCUT2D eigenvalue weighted by Crippen LogP contribution is 2.50. The average Bonchev–Trinajstić information content (AvgIpc) is 2.84. The largest absolute Gasteiger partial charge is 0.507 e. The molecule has 2 aliphatic carbocycles. The zero-order chi connectivity index (χ0) is 24.9. The maximum absolute atomic E-state index is 15.3. The second kappa shape index (κ2) is 8.66. The van der Waals surface area contributed by atoms with Gasteiger partial charge in [-0.1, -0.05) is 19.4 Å². The van der Waals surface area contributed by atoms with Crippen molar-refractivity contribution in [3.8, 4) is 28.4 Å². The zero-order valence-electron chi connectivity index (χ0n) is 19.9. The van der Waals surface area contributed by atoms with Crippen molar-refractivity contribution in [2.45, 2.75) is 51.2 Å². The Hall–Kier alpha value is -3.43. The number of rotatable bonds is 4. The molecule has 0 radical (unpaired) electrons. The number of halogens is 2. The summed E-state index contributed by atoms with van der Waals surface area (Å²) in [6, 6.07) is 5.36. The molecule has 2 heterocycles. The Kier molecular flexibility index (Phi) is 5.77. The van der Waals surface area contributed by atoms with Crippen LogP contribution < -0.4 is 10.6 Å². The fraction of sp³-hybridized carbons (Fsp3) is 0.480. The van der Waals surface area contributed by atoms with Crippen molar-refractivity contribution in [3.63, 3.8) is 0 Å². The first-order chi connectivity index (χ1) is 16.6. The first-order valence-electron chi connectivity index (χ1n) is 11.8. The molecule has 5 rings (SSSR count). The van der Waals surface area contributed by atoms with Gasteiger partial charge in [-0.25, -0.2) is 14.2 Å². The van der Waals surface area contributed by atoms with Crippen LogP contribution in [0.1, 0.15) is 39.0 Å². The topological polar surface area (TPSA) is 97.0 Å². The van der Waals surface area contributed by atoms with E-state index in [0.717, 1.165) is 42.7 Å². The standard InChI is InChI=1S/C25H28F2N6O2/c1-25-8-4-5-15(11-25)22(27)18(12-25)32(2)21-13-28-23(31-30-21)16-7-6-14(9-19(16)34)17-10-20(26)33(3)24(35)29-17/h6-7,9-10,13,15,18,22,34H,4-5,8,11-12H2,1-3H3/t15-,18-,22+,25+/m0/s1. The number of fused-ring (bicyclic) bond motifs is 2. The normalized spacial score (nSPS) is 25.9. The Bertz CT molecular complexity index is 1310. The van der Waals surface area contributed by atoms with Gasteiger partial charge in [0.2, 0.25) is 0 Å². The van der Waals surface area contributed by atoms with Gasteiger partial charge in [0.15, 0.2) is 17.6 Å². The van der Waals surface area contributed by atoms with Crippen LogP contribution >= 0.6 is 0 Å². The number of alkyl halides is 1. The number of phenols is 1. The molecule has 1 aromatic carbocycles. The number of benzene rings is 1. The Morgan fingerprint density at radius 1 is 1.23 bits per heavy atom. The molecule has 0 amide bonds. The number of nitrogens with zero attached hydrogens (tertiary/aromatic N) is 6. The van der Waals surface area contributed by atoms with Crippen LogP contribution in [0.25, 0.3) is 22.6 Å². The second-order valence-corrected chi connectivity index (χ2v) is 10.2. The van der Waals surface area contributed by atoms with Gasteiger partial charge >= 0.3 is 5.69 Å². The minimum Gasteiger partial charge on any atom is -0.507 e. The number of hydrogen-bond donors (Lipinski definition) is 1. The van der Waals surface area contributed by atoms with Gasteiger partial charge in [0.1, 0.15) is 11.9 Å². The number of aromatic hydroxyl groups is 1. The van der Waals surface area contributed by atoms with Crippen molar-refractivity contribution in [2.24, 2.45) is 18.4 Å². The Labute approximate surface area is 201 Å². The molecular formula is C25H28F2N6O2. The number of aromatic nitrogens is 5. The minimum absolute atomic E-state index is 0.0818. The summed E-state index contributed by atoms with van der Waals surface area (Å²) in [6.45, 7) is 2.25. The summed E-state index contributed by atoms with van der Waals surface area (Å²) in [5, 5.41) is 19.0. The Morgan fingerprint density at radius 3 is 2.71 bits per heavy atom. The van der Waals surface area contributed by atoms with Crippen LogP contribution in [-0.4, -0.2) is 49.1 Å². The quantitative estimate of drug-likeness (QED) is 0.564. The summed E-state index contributed by atoms with van der Waals surface area (Å²) < 4.78 is 30.0. The summed E-state index contributed by atoms with van der Waals surface area (Å²) in [7, 11) is 3.12. The van der Waals surface area contributed by atoms with Crippen molar-refractivity contribution in [2.75, 3.05) is 11.9 Å². The van der Waals surface area contributed by atoms with E-state index in [9.17, 15) is 14.3 Å². The van der Waals surface area contributed by atoms with E-state index < -0.39 is 17.8 Å². The molecule has 0 saturated heterocycles. The molecule has 184 valence electrons. The van der Waals surface area contributed by atoms with E-state index in [0.29, 0.717) is 16.9 Å². The first-order valence-corrected chi connectivity index (χ1v) is 11.8. The van der Waals surface area contributed by atoms with Gasteiger partial charge in [-0.15, -0.1) is 10.2 Å². The maximum atomic E-state index is 15.3. The molecule has 2 bridgehead atoms. The van der Waals surface area contributed by atoms with Crippen LogP contribution in [0.15, 0.2) is 35.3 Å². The van der Waals surface area contributed by atoms with Gasteiger partial charge in [0, 0.05) is 25.7 Å². The molecule has 8 nitrogen and oxygen atoms in total. The van der Waals surface area contributed by atoms with E-state index in [-0.39, 0.29) is 34.6 Å². The van der Waals surface area contributed by atoms with Gasteiger partial charge in [0.25, 0.3) is 0 Å². The second-order valence-electron chi connectivity index (χ2n) is 10.2. The third kappa shape index (κ3) is 4.26. The molecule has 10 heteroatoms. The Balaban J connectivity index is 1.37. The lowest BCUT2D eigenvalue weighted by molar-refractivity contribution is 0.0113. The van der Waals surface area contributed by atoms with Crippen molar-refractivity contribution in [3.05, 3.63) is 46.9 Å². The van der Waals surface area contributed by atoms with Crippen LogP contribution in [0.2, 0.25) is 0 Å². The zero-order valence-corrected chi connectivity index (χ0v) is 19.9. The predicted octanol–water partition coefficient (Wildman–Crippen LogP) is 3.89. The van der Waals surface area contributed by atoms with Gasteiger partial charge in [-0.05, 0) is 49.1 Å². The monoisotopic (exact) mass is 482 g/mol. The lowest BCUT2D eigenvalue weighted by atomic mass is 9.60. The fourth-order valence-corrected chi connectivity index (χ4v) is 5.63. The van der Waals surface area contributed by atoms with Crippen molar-refractivity contribution in [1.29, 1.82) is 0 Å². The number of phenolic OH excluding ortho intramolecular Hbond substituents is 1. The smallest absolute Gasteiger partial charge is 0.350 e. The van der Waals surface area contributed by atoms with Gasteiger partial charge in [0.05, 0.1) is 23.5 Å². The molecule has 1 N–H and O–H groups in total. The molecule has 4 atom stereocenters. The summed E-state index contributed by atoms with van der Waals surface area (Å²) in [4.78, 5) is 21.8. The third-order valence-electron chi connectivity index (χ3n) is 7.65. The highest BCUT2D eigenvalue weighted by Gasteiger charge is 2.47. The summed E-state index contributed by atoms with van der Waals surface area (Å²) >= 11 is 0. The lowest BCUT2D eigenvalue weighted by Crippen LogP contribution is -2.52. The molecule has 0 aliphatic heterocycles. The van der Waals surface area contributed by atoms with E-state index in [1.807, 2.05) is 11.9 Å². The minimum atomic E-state index is -0.917. The molecule has 3 aromatic rings. The van der Waals surface area contributed by atoms with Crippen molar-refractivity contribution < 1.29 is 13.9 Å². The molecule has 2 aromatic heterocycles. The number of hydrogen-bond acceptors (Lipinski definition) is 7. The summed E-state index contributed by atoms with van der Waals surface area (Å²) in [5.74, 6) is -0.148. The molecule has 2 fully saturated rings. The highest BCUT2D eigenvalue weighted by atomic mass is 19.1. The van der Waals surface area contributed by atoms with Gasteiger partial charge in [-0.2, -0.15) is 9.37 Å². The molecule has 0 spiro atoms. The SMILES string of the molecule is CN(c1cnc(-c2ccc(-c3cc(F)n(C)c(=O)n3)cc2O)nn1)[C@H]1C[C@]2(C)CCC[C@@H](C2)[C@H]1F. The van der Waals surface area contributed by atoms with E-state index in [1.54, 1.807) is 12.1 Å². The van der Waals surface area contributed by atoms with E-state index >= 15 is 4.39 Å². The van der Waals surface area contributed by atoms with E-state index in [1.165, 1.54) is 19.3 Å². The Morgan fingerprint density at radius 2 is 2.03 bits per heavy atom. The van der Waals surface area contributed by atoms with Gasteiger partial charge < -0.3 is 10.0 Å². The maximum Gasteiger partial charge on any atom is 0.350 e. The molecule has 2 aliphatic rings. The molecule has 35 heavy (non-hydrogen) atoms. The molecule has 2 saturated carbocycles. The van der Waals surface area contributed by atoms with Crippen LogP contribution in [0.4, 0.5) is 14.6 Å². The predicted molar refractivity (Wildman–Crippen MR) is 127 cm³/mol. The van der Waals surface area contributed by atoms with Crippen molar-refractivity contribution >= 4 is 5.82 Å². The van der Waals surface area contributed by atoms with Crippen LogP contribution in [0.5, 0.6) is 5.75 Å². The lowest BCUT2D eigenvalue weighted by Gasteiger charge is -2.50. The van der Waals surface area contributed by atoms with Crippen molar-refractivity contribution in [1.82, 2.24) is 24.7 Å². The highest BCUT2D eigenvalue weighted by molar-refractivity contribution is 5.71. The number of anilines is 1. The van der Waals surface area contributed by atoms with E-state index in [2.05, 4.69) is 27.1 Å².